The number of aryl methyl sites for hydroxylation is 1. The molecular weight excluding hydrogens is 412 g/mol. The van der Waals surface area contributed by atoms with Gasteiger partial charge in [-0.25, -0.2) is 0 Å². The van der Waals surface area contributed by atoms with Gasteiger partial charge in [0, 0.05) is 17.9 Å². The summed E-state index contributed by atoms with van der Waals surface area (Å²) >= 11 is 3.13. The van der Waals surface area contributed by atoms with Crippen molar-refractivity contribution in [1.29, 1.82) is 0 Å². The molecule has 5 nitrogen and oxygen atoms in total. The van der Waals surface area contributed by atoms with E-state index in [9.17, 15) is 4.79 Å². The Morgan fingerprint density at radius 1 is 1.00 bits per heavy atom. The zero-order valence-electron chi connectivity index (χ0n) is 18.7. The van der Waals surface area contributed by atoms with Gasteiger partial charge in [-0.3, -0.25) is 10.1 Å². The van der Waals surface area contributed by atoms with E-state index in [1.807, 2.05) is 12.1 Å². The van der Waals surface area contributed by atoms with Crippen molar-refractivity contribution in [3.63, 3.8) is 0 Å². The predicted molar refractivity (Wildman–Crippen MR) is 130 cm³/mol. The van der Waals surface area contributed by atoms with Gasteiger partial charge in [-0.05, 0) is 43.6 Å². The van der Waals surface area contributed by atoms with Crippen molar-refractivity contribution in [2.24, 2.45) is 0 Å². The molecule has 2 aromatic rings. The van der Waals surface area contributed by atoms with Gasteiger partial charge in [0.1, 0.15) is 0 Å². The fourth-order valence-electron chi connectivity index (χ4n) is 3.22. The maximum Gasteiger partial charge on any atom is 0.257 e. The molecule has 1 amide bonds. The molecular formula is C23H36N4OS2. The summed E-state index contributed by atoms with van der Waals surface area (Å²) in [5.74, 6) is 0.849. The predicted octanol–water partition coefficient (Wildman–Crippen LogP) is 6.13. The third kappa shape index (κ3) is 9.14. The van der Waals surface area contributed by atoms with Crippen LogP contribution in [0.5, 0.6) is 0 Å². The van der Waals surface area contributed by atoms with Crippen LogP contribution in [-0.2, 0) is 6.42 Å². The van der Waals surface area contributed by atoms with Gasteiger partial charge in [0.15, 0.2) is 4.34 Å². The topological polar surface area (TPSA) is 58.1 Å². The molecule has 1 heterocycles. The van der Waals surface area contributed by atoms with Crippen LogP contribution in [0.25, 0.3) is 0 Å². The van der Waals surface area contributed by atoms with Crippen LogP contribution in [0.1, 0.15) is 75.2 Å². The molecule has 0 saturated carbocycles. The first kappa shape index (κ1) is 24.8. The first-order chi connectivity index (χ1) is 14.7. The number of unbranched alkanes of at least 4 members (excludes halogenated alkanes) is 5. The molecule has 0 aliphatic rings. The van der Waals surface area contributed by atoms with Crippen LogP contribution in [-0.4, -0.2) is 46.4 Å². The lowest BCUT2D eigenvalue weighted by Gasteiger charge is -2.16. The molecule has 0 spiro atoms. The summed E-state index contributed by atoms with van der Waals surface area (Å²) in [6.45, 7) is 9.75. The van der Waals surface area contributed by atoms with Crippen LogP contribution >= 0.6 is 23.1 Å². The number of hydrogen-bond donors (Lipinski definition) is 1. The summed E-state index contributed by atoms with van der Waals surface area (Å²) < 4.78 is 0.895. The standard InChI is InChI=1S/C23H36N4OS2/c1-4-7-8-9-10-11-12-19-13-15-20(16-14-19)21(28)24-22-25-26-23(30-22)29-18-17-27(5-2)6-3/h13-16H,4-12,17-18H2,1-3H3,(H,24,25,28). The van der Waals surface area contributed by atoms with E-state index in [1.165, 1.54) is 55.4 Å². The van der Waals surface area contributed by atoms with Crippen LogP contribution < -0.4 is 5.32 Å². The molecule has 30 heavy (non-hydrogen) atoms. The van der Waals surface area contributed by atoms with E-state index in [2.05, 4.69) is 53.3 Å². The van der Waals surface area contributed by atoms with Crippen molar-refractivity contribution in [2.45, 2.75) is 70.1 Å². The second kappa shape index (κ2) is 14.5. The molecule has 0 radical (unpaired) electrons. The van der Waals surface area contributed by atoms with E-state index in [0.717, 1.165) is 36.1 Å². The van der Waals surface area contributed by atoms with E-state index in [-0.39, 0.29) is 5.91 Å². The van der Waals surface area contributed by atoms with Crippen LogP contribution in [0.4, 0.5) is 5.13 Å². The number of anilines is 1. The van der Waals surface area contributed by atoms with Gasteiger partial charge >= 0.3 is 0 Å². The molecule has 7 heteroatoms. The van der Waals surface area contributed by atoms with Gasteiger partial charge in [0.05, 0.1) is 0 Å². The summed E-state index contributed by atoms with van der Waals surface area (Å²) in [6, 6.07) is 7.94. The van der Waals surface area contributed by atoms with Crippen molar-refractivity contribution in [3.05, 3.63) is 35.4 Å². The number of carbonyl (C=O) groups excluding carboxylic acids is 1. The maximum atomic E-state index is 12.5. The molecule has 0 bridgehead atoms. The van der Waals surface area contributed by atoms with Crippen LogP contribution in [0.15, 0.2) is 28.6 Å². The van der Waals surface area contributed by atoms with Crippen LogP contribution in [0.2, 0.25) is 0 Å². The second-order valence-electron chi connectivity index (χ2n) is 7.42. The van der Waals surface area contributed by atoms with Crippen LogP contribution in [0, 0.1) is 0 Å². The van der Waals surface area contributed by atoms with Gasteiger partial charge in [-0.2, -0.15) is 0 Å². The van der Waals surface area contributed by atoms with Gasteiger partial charge in [0.25, 0.3) is 5.91 Å². The summed E-state index contributed by atoms with van der Waals surface area (Å²) in [6.07, 6.45) is 8.89. The van der Waals surface area contributed by atoms with E-state index >= 15 is 0 Å². The van der Waals surface area contributed by atoms with E-state index in [1.54, 1.807) is 11.8 Å². The first-order valence-corrected chi connectivity index (χ1v) is 13.0. The molecule has 2 rings (SSSR count). The van der Waals surface area contributed by atoms with Crippen molar-refractivity contribution < 1.29 is 4.79 Å². The van der Waals surface area contributed by atoms with E-state index in [4.69, 9.17) is 0 Å². The number of benzene rings is 1. The fourth-order valence-corrected chi connectivity index (χ4v) is 5.04. The minimum absolute atomic E-state index is 0.128. The Hall–Kier alpha value is -1.44. The SMILES string of the molecule is CCCCCCCCc1ccc(C(=O)Nc2nnc(SCCN(CC)CC)s2)cc1. The number of rotatable bonds is 15. The summed E-state index contributed by atoms with van der Waals surface area (Å²) in [7, 11) is 0. The Morgan fingerprint density at radius 2 is 1.70 bits per heavy atom. The highest BCUT2D eigenvalue weighted by Crippen LogP contribution is 2.25. The van der Waals surface area contributed by atoms with Gasteiger partial charge in [-0.15, -0.1) is 10.2 Å². The molecule has 0 aliphatic carbocycles. The lowest BCUT2D eigenvalue weighted by atomic mass is 10.0. The Labute approximate surface area is 190 Å². The smallest absolute Gasteiger partial charge is 0.257 e. The van der Waals surface area contributed by atoms with E-state index in [0.29, 0.717) is 10.7 Å². The monoisotopic (exact) mass is 448 g/mol. The zero-order chi connectivity index (χ0) is 21.6. The van der Waals surface area contributed by atoms with Gasteiger partial charge < -0.3 is 4.90 Å². The summed E-state index contributed by atoms with van der Waals surface area (Å²) in [5.41, 5.74) is 1.96. The highest BCUT2D eigenvalue weighted by molar-refractivity contribution is 8.01. The minimum atomic E-state index is -0.128. The van der Waals surface area contributed by atoms with Crippen LogP contribution in [0.3, 0.4) is 0 Å². The van der Waals surface area contributed by atoms with Gasteiger partial charge in [-0.1, -0.05) is 88.1 Å². The Kier molecular flexibility index (Phi) is 12.0. The highest BCUT2D eigenvalue weighted by atomic mass is 32.2. The Balaban J connectivity index is 1.73. The normalized spacial score (nSPS) is 11.2. The molecule has 1 aromatic heterocycles. The lowest BCUT2D eigenvalue weighted by molar-refractivity contribution is 0.102. The number of nitrogens with zero attached hydrogens (tertiary/aromatic N) is 3. The number of hydrogen-bond acceptors (Lipinski definition) is 6. The number of nitrogens with one attached hydrogen (secondary N) is 1. The van der Waals surface area contributed by atoms with E-state index < -0.39 is 0 Å². The molecule has 0 atom stereocenters. The molecule has 0 fully saturated rings. The number of amides is 1. The number of aromatic nitrogens is 2. The minimum Gasteiger partial charge on any atom is -0.303 e. The second-order valence-corrected chi connectivity index (χ2v) is 9.74. The number of thioether (sulfide) groups is 1. The average Bonchev–Trinajstić information content (AvgIpc) is 3.21. The largest absolute Gasteiger partial charge is 0.303 e. The molecule has 166 valence electrons. The third-order valence-electron chi connectivity index (χ3n) is 5.19. The number of carbonyl (C=O) groups is 1. The molecule has 0 saturated heterocycles. The third-order valence-corrected chi connectivity index (χ3v) is 7.14. The lowest BCUT2D eigenvalue weighted by Crippen LogP contribution is -2.25. The molecule has 0 unspecified atom stereocenters. The highest BCUT2D eigenvalue weighted by Gasteiger charge is 2.11. The van der Waals surface area contributed by atoms with Crippen molar-refractivity contribution in [3.8, 4) is 0 Å². The average molecular weight is 449 g/mol. The Morgan fingerprint density at radius 3 is 2.40 bits per heavy atom. The molecule has 1 aromatic carbocycles. The molecule has 1 N–H and O–H groups in total. The zero-order valence-corrected chi connectivity index (χ0v) is 20.3. The quantitative estimate of drug-likeness (QED) is 0.202. The fraction of sp³-hybridized carbons (Fsp3) is 0.609. The van der Waals surface area contributed by atoms with Crippen molar-refractivity contribution in [2.75, 3.05) is 30.7 Å². The maximum absolute atomic E-state index is 12.5. The van der Waals surface area contributed by atoms with Crippen molar-refractivity contribution >= 4 is 34.1 Å². The Bertz CT molecular complexity index is 729. The summed E-state index contributed by atoms with van der Waals surface area (Å²) in [4.78, 5) is 14.9. The van der Waals surface area contributed by atoms with Crippen molar-refractivity contribution in [1.82, 2.24) is 15.1 Å². The summed E-state index contributed by atoms with van der Waals surface area (Å²) in [5, 5.41) is 11.7. The first-order valence-electron chi connectivity index (χ1n) is 11.2. The van der Waals surface area contributed by atoms with Gasteiger partial charge in [0.2, 0.25) is 5.13 Å². The molecule has 0 aliphatic heterocycles.